The number of anilines is 3. The summed E-state index contributed by atoms with van der Waals surface area (Å²) in [5.74, 6) is -1.77. The van der Waals surface area contributed by atoms with Gasteiger partial charge in [0.15, 0.2) is 11.8 Å². The van der Waals surface area contributed by atoms with Gasteiger partial charge in [-0.3, -0.25) is 9.59 Å². The van der Waals surface area contributed by atoms with Crippen LogP contribution in [0.3, 0.4) is 0 Å². The van der Waals surface area contributed by atoms with Crippen molar-refractivity contribution < 1.29 is 28.2 Å². The molecule has 4 amide bonds. The number of hydrogen-bond acceptors (Lipinski definition) is 5. The predicted octanol–water partition coefficient (Wildman–Crippen LogP) is 5.23. The molecule has 10 heteroatoms. The molecule has 0 saturated carbocycles. The van der Waals surface area contributed by atoms with Crippen molar-refractivity contribution in [2.24, 2.45) is 0 Å². The standard InChI is InChI=1S/C31H35FN4O5/c1-5-40-28(41-6-2)19-36-26-16-11-22(32)17-25(26)31(29(36)38,18-27(37)33-23-12-7-20(3)8-13-23)35-30(39)34-24-14-9-21(4)10-15-24/h7-17,28H,5-6,18-19H2,1-4H3,(H,33,37)(H2,34,35,39). The Bertz CT molecular complexity index is 1330. The Morgan fingerprint density at radius 2 is 1.44 bits per heavy atom. The van der Waals surface area contributed by atoms with Gasteiger partial charge < -0.3 is 30.3 Å². The van der Waals surface area contributed by atoms with E-state index >= 15 is 0 Å². The smallest absolute Gasteiger partial charge is 0.320 e. The molecule has 216 valence electrons. The molecule has 0 bridgehead atoms. The van der Waals surface area contributed by atoms with Gasteiger partial charge in [-0.05, 0) is 70.2 Å². The first-order valence-electron chi connectivity index (χ1n) is 13.5. The second-order valence-corrected chi connectivity index (χ2v) is 9.86. The van der Waals surface area contributed by atoms with Crippen LogP contribution in [-0.2, 0) is 24.6 Å². The highest BCUT2D eigenvalue weighted by Crippen LogP contribution is 2.43. The fourth-order valence-corrected chi connectivity index (χ4v) is 4.81. The molecule has 1 aliphatic rings. The van der Waals surface area contributed by atoms with Crippen LogP contribution in [0.15, 0.2) is 66.7 Å². The summed E-state index contributed by atoms with van der Waals surface area (Å²) in [7, 11) is 0. The number of benzene rings is 3. The van der Waals surface area contributed by atoms with Crippen molar-refractivity contribution in [1.29, 1.82) is 0 Å². The molecule has 0 spiro atoms. The topological polar surface area (TPSA) is 109 Å². The maximum Gasteiger partial charge on any atom is 0.320 e. The molecule has 1 aliphatic heterocycles. The van der Waals surface area contributed by atoms with Gasteiger partial charge in [0.25, 0.3) is 5.91 Å². The molecular weight excluding hydrogens is 527 g/mol. The number of amides is 4. The summed E-state index contributed by atoms with van der Waals surface area (Å²) in [6.45, 7) is 8.10. The van der Waals surface area contributed by atoms with Crippen molar-refractivity contribution in [3.63, 3.8) is 0 Å². The van der Waals surface area contributed by atoms with Crippen LogP contribution in [0.4, 0.5) is 26.2 Å². The average molecular weight is 563 g/mol. The highest BCUT2D eigenvalue weighted by molar-refractivity contribution is 6.13. The molecule has 3 aromatic carbocycles. The van der Waals surface area contributed by atoms with Crippen LogP contribution >= 0.6 is 0 Å². The molecule has 0 aliphatic carbocycles. The molecule has 3 aromatic rings. The Balaban J connectivity index is 1.72. The Labute approximate surface area is 239 Å². The van der Waals surface area contributed by atoms with Crippen molar-refractivity contribution in [2.45, 2.75) is 45.9 Å². The number of halogens is 1. The third-order valence-corrected chi connectivity index (χ3v) is 6.75. The zero-order valence-corrected chi connectivity index (χ0v) is 23.6. The maximum atomic E-state index is 14.7. The number of nitrogens with zero attached hydrogens (tertiary/aromatic N) is 1. The van der Waals surface area contributed by atoms with Crippen LogP contribution in [-0.4, -0.2) is 43.9 Å². The molecule has 1 unspecified atom stereocenters. The molecule has 41 heavy (non-hydrogen) atoms. The molecule has 4 rings (SSSR count). The lowest BCUT2D eigenvalue weighted by Gasteiger charge is -2.30. The highest BCUT2D eigenvalue weighted by Gasteiger charge is 2.54. The van der Waals surface area contributed by atoms with Crippen molar-refractivity contribution >= 4 is 34.9 Å². The van der Waals surface area contributed by atoms with Gasteiger partial charge in [0.1, 0.15) is 5.82 Å². The highest BCUT2D eigenvalue weighted by atomic mass is 19.1. The summed E-state index contributed by atoms with van der Waals surface area (Å²) in [6.07, 6.45) is -1.26. The fraction of sp³-hybridized carbons (Fsp3) is 0.323. The lowest BCUT2D eigenvalue weighted by Crippen LogP contribution is -2.56. The van der Waals surface area contributed by atoms with E-state index in [-0.39, 0.29) is 12.1 Å². The van der Waals surface area contributed by atoms with E-state index in [9.17, 15) is 18.8 Å². The van der Waals surface area contributed by atoms with Gasteiger partial charge in [-0.25, -0.2) is 9.18 Å². The molecule has 0 saturated heterocycles. The summed E-state index contributed by atoms with van der Waals surface area (Å²) in [5.41, 5.74) is 1.62. The minimum atomic E-state index is -1.91. The fourth-order valence-electron chi connectivity index (χ4n) is 4.81. The summed E-state index contributed by atoms with van der Waals surface area (Å²) in [6, 6.07) is 17.4. The number of rotatable bonds is 11. The number of nitrogens with one attached hydrogen (secondary N) is 3. The largest absolute Gasteiger partial charge is 0.351 e. The van der Waals surface area contributed by atoms with Crippen molar-refractivity contribution in [2.75, 3.05) is 35.3 Å². The molecule has 1 heterocycles. The van der Waals surface area contributed by atoms with Crippen molar-refractivity contribution in [1.82, 2.24) is 5.32 Å². The summed E-state index contributed by atoms with van der Waals surface area (Å²) in [5, 5.41) is 8.24. The minimum absolute atomic E-state index is 0.0261. The van der Waals surface area contributed by atoms with Gasteiger partial charge >= 0.3 is 6.03 Å². The Kier molecular flexibility index (Phi) is 9.36. The van der Waals surface area contributed by atoms with Gasteiger partial charge in [-0.2, -0.15) is 0 Å². The number of aryl methyl sites for hydroxylation is 2. The second kappa shape index (κ2) is 12.9. The van der Waals surface area contributed by atoms with E-state index in [1.165, 1.54) is 23.1 Å². The Morgan fingerprint density at radius 3 is 2.00 bits per heavy atom. The van der Waals surface area contributed by atoms with E-state index in [4.69, 9.17) is 9.47 Å². The summed E-state index contributed by atoms with van der Waals surface area (Å²) in [4.78, 5) is 42.4. The SMILES string of the molecule is CCOC(CN1C(=O)C(CC(=O)Nc2ccc(C)cc2)(NC(=O)Nc2ccc(C)cc2)c2cc(F)ccc21)OCC. The van der Waals surface area contributed by atoms with Crippen LogP contribution in [0.2, 0.25) is 0 Å². The zero-order valence-electron chi connectivity index (χ0n) is 23.6. The zero-order chi connectivity index (χ0) is 29.6. The van der Waals surface area contributed by atoms with Gasteiger partial charge in [-0.15, -0.1) is 0 Å². The maximum absolute atomic E-state index is 14.7. The third-order valence-electron chi connectivity index (χ3n) is 6.75. The second-order valence-electron chi connectivity index (χ2n) is 9.86. The first kappa shape index (κ1) is 29.7. The summed E-state index contributed by atoms with van der Waals surface area (Å²) >= 11 is 0. The normalized spacial score (nSPS) is 16.0. The van der Waals surface area contributed by atoms with Crippen LogP contribution in [0.25, 0.3) is 0 Å². The van der Waals surface area contributed by atoms with Crippen LogP contribution in [0, 0.1) is 19.7 Å². The number of fused-ring (bicyclic) bond motifs is 1. The third kappa shape index (κ3) is 6.90. The molecule has 0 aromatic heterocycles. The number of carbonyl (C=O) groups excluding carboxylic acids is 3. The number of carbonyl (C=O) groups is 3. The Morgan fingerprint density at radius 1 is 0.878 bits per heavy atom. The quantitative estimate of drug-likeness (QED) is 0.277. The number of urea groups is 1. The average Bonchev–Trinajstić information content (AvgIpc) is 3.13. The number of ether oxygens (including phenoxy) is 2. The summed E-state index contributed by atoms with van der Waals surface area (Å²) < 4.78 is 26.0. The van der Waals surface area contributed by atoms with Gasteiger partial charge in [0.05, 0.1) is 18.7 Å². The van der Waals surface area contributed by atoms with Crippen LogP contribution < -0.4 is 20.9 Å². The van der Waals surface area contributed by atoms with Crippen LogP contribution in [0.5, 0.6) is 0 Å². The van der Waals surface area contributed by atoms with Crippen molar-refractivity contribution in [3.8, 4) is 0 Å². The predicted molar refractivity (Wildman–Crippen MR) is 155 cm³/mol. The molecular formula is C31H35FN4O5. The van der Waals surface area contributed by atoms with E-state index in [2.05, 4.69) is 16.0 Å². The van der Waals surface area contributed by atoms with E-state index in [1.807, 2.05) is 38.1 Å². The Hall–Kier alpha value is -4.28. The first-order chi connectivity index (χ1) is 19.6. The van der Waals surface area contributed by atoms with E-state index in [1.54, 1.807) is 38.1 Å². The molecule has 9 nitrogen and oxygen atoms in total. The van der Waals surface area contributed by atoms with Gasteiger partial charge in [-0.1, -0.05) is 35.4 Å². The molecule has 1 atom stereocenters. The molecule has 3 N–H and O–H groups in total. The van der Waals surface area contributed by atoms with E-state index < -0.39 is 41.9 Å². The van der Waals surface area contributed by atoms with E-state index in [0.717, 1.165) is 11.1 Å². The van der Waals surface area contributed by atoms with Crippen LogP contribution in [0.1, 0.15) is 37.0 Å². The van der Waals surface area contributed by atoms with Gasteiger partial charge in [0, 0.05) is 30.2 Å². The monoisotopic (exact) mass is 562 g/mol. The number of hydrogen-bond donors (Lipinski definition) is 3. The minimum Gasteiger partial charge on any atom is -0.351 e. The lowest BCUT2D eigenvalue weighted by atomic mass is 9.87. The van der Waals surface area contributed by atoms with Gasteiger partial charge in [0.2, 0.25) is 5.91 Å². The van der Waals surface area contributed by atoms with E-state index in [0.29, 0.717) is 30.3 Å². The lowest BCUT2D eigenvalue weighted by molar-refractivity contribution is -0.138. The van der Waals surface area contributed by atoms with Crippen molar-refractivity contribution in [3.05, 3.63) is 89.2 Å². The first-order valence-corrected chi connectivity index (χ1v) is 13.5. The molecule has 0 radical (unpaired) electrons. The molecule has 0 fully saturated rings.